The second-order valence-corrected chi connectivity index (χ2v) is 10.4. The molecule has 262 valence electrons. The summed E-state index contributed by atoms with van der Waals surface area (Å²) in [6, 6.07) is 21.3. The third kappa shape index (κ3) is 14.8. The highest BCUT2D eigenvalue weighted by Crippen LogP contribution is 2.23. The molecule has 50 heavy (non-hydrogen) atoms. The van der Waals surface area contributed by atoms with Crippen molar-refractivity contribution < 1.29 is 57.2 Å². The van der Waals surface area contributed by atoms with Gasteiger partial charge in [-0.25, -0.2) is 9.59 Å². The van der Waals surface area contributed by atoms with E-state index in [-0.39, 0.29) is 45.1 Å². The predicted octanol–water partition coefficient (Wildman–Crippen LogP) is 5.36. The molecule has 0 amide bonds. The van der Waals surface area contributed by atoms with Gasteiger partial charge in [-0.05, 0) is 52.6 Å². The minimum atomic E-state index is -0.675. The second-order valence-electron chi connectivity index (χ2n) is 10.4. The average molecular weight is 687 g/mol. The van der Waals surface area contributed by atoms with Crippen LogP contribution < -0.4 is 9.47 Å². The highest BCUT2D eigenvalue weighted by atomic mass is 16.6. The van der Waals surface area contributed by atoms with Crippen LogP contribution >= 0.6 is 0 Å². The molecule has 0 radical (unpaired) electrons. The van der Waals surface area contributed by atoms with E-state index >= 15 is 0 Å². The quantitative estimate of drug-likeness (QED) is 0.0524. The van der Waals surface area contributed by atoms with Crippen molar-refractivity contribution in [1.82, 2.24) is 0 Å². The standard InChI is InChI=1S/C38H38O12/c1-3-33(39)45-23-21-28-7-14-31(15-8-28)49-37(43)18-9-27-5-10-29(11-6-27)30-12-16-32(17-13-30)50-38(44)22-24-46-35(41)19-20-36(42)48-26-25-47-34(40)4-2/h4-18H,2-3,19-26H2,1H3/b18-9+. The SMILES string of the molecule is C=CC(=O)OCCOC(=O)CCC(=O)OCCC(=O)Oc1ccc(-c2ccc(/C=C/C(=O)Oc3ccc(CCOC(=O)CC)cc3)cc2)cc1. The van der Waals surface area contributed by atoms with E-state index in [1.807, 2.05) is 36.4 Å². The summed E-state index contributed by atoms with van der Waals surface area (Å²) in [4.78, 5) is 70.1. The van der Waals surface area contributed by atoms with Crippen LogP contribution in [-0.2, 0) is 54.1 Å². The summed E-state index contributed by atoms with van der Waals surface area (Å²) >= 11 is 0. The molecule has 0 aliphatic carbocycles. The average Bonchev–Trinajstić information content (AvgIpc) is 3.12. The van der Waals surface area contributed by atoms with Crippen molar-refractivity contribution in [3.8, 4) is 22.6 Å². The number of hydrogen-bond donors (Lipinski definition) is 0. The van der Waals surface area contributed by atoms with Crippen molar-refractivity contribution in [3.63, 3.8) is 0 Å². The molecule has 0 bridgehead atoms. The van der Waals surface area contributed by atoms with E-state index in [0.29, 0.717) is 30.9 Å². The van der Waals surface area contributed by atoms with Crippen LogP contribution in [0.25, 0.3) is 17.2 Å². The van der Waals surface area contributed by atoms with Gasteiger partial charge in [0.25, 0.3) is 0 Å². The normalized spacial score (nSPS) is 10.5. The van der Waals surface area contributed by atoms with Crippen LogP contribution in [0.2, 0.25) is 0 Å². The molecule has 12 heteroatoms. The summed E-state index contributed by atoms with van der Waals surface area (Å²) < 4.78 is 30.2. The van der Waals surface area contributed by atoms with Crippen LogP contribution in [0.5, 0.6) is 11.5 Å². The van der Waals surface area contributed by atoms with E-state index in [1.165, 1.54) is 6.08 Å². The molecular weight excluding hydrogens is 648 g/mol. The maximum atomic E-state index is 12.3. The number of carbonyl (C=O) groups is 6. The van der Waals surface area contributed by atoms with Gasteiger partial charge in [0.05, 0.1) is 25.9 Å². The molecule has 0 atom stereocenters. The molecule has 0 heterocycles. The van der Waals surface area contributed by atoms with Crippen LogP contribution in [0.15, 0.2) is 91.5 Å². The molecule has 0 fully saturated rings. The van der Waals surface area contributed by atoms with Crippen molar-refractivity contribution in [1.29, 1.82) is 0 Å². The fourth-order valence-corrected chi connectivity index (χ4v) is 4.06. The molecule has 0 spiro atoms. The Bertz CT molecular complexity index is 1640. The number of rotatable bonds is 19. The summed E-state index contributed by atoms with van der Waals surface area (Å²) in [5.41, 5.74) is 3.52. The van der Waals surface area contributed by atoms with Gasteiger partial charge in [0, 0.05) is 25.0 Å². The molecule has 3 aromatic carbocycles. The van der Waals surface area contributed by atoms with Crippen molar-refractivity contribution in [2.45, 2.75) is 39.0 Å². The maximum Gasteiger partial charge on any atom is 0.336 e. The third-order valence-electron chi connectivity index (χ3n) is 6.69. The van der Waals surface area contributed by atoms with Gasteiger partial charge in [-0.1, -0.05) is 62.0 Å². The zero-order valence-corrected chi connectivity index (χ0v) is 27.6. The summed E-state index contributed by atoms with van der Waals surface area (Å²) in [5, 5.41) is 0. The Labute approximate surface area is 289 Å². The Morgan fingerprint density at radius 2 is 1.10 bits per heavy atom. The Morgan fingerprint density at radius 3 is 1.72 bits per heavy atom. The molecular formula is C38H38O12. The minimum Gasteiger partial charge on any atom is -0.465 e. The fraction of sp³-hybridized carbons (Fsp3) is 0.263. The Hall–Kier alpha value is -6.04. The van der Waals surface area contributed by atoms with Crippen LogP contribution in [0, 0.1) is 0 Å². The van der Waals surface area contributed by atoms with Gasteiger partial charge in [-0.3, -0.25) is 19.2 Å². The highest BCUT2D eigenvalue weighted by molar-refractivity contribution is 5.89. The van der Waals surface area contributed by atoms with Crippen LogP contribution in [0.1, 0.15) is 43.7 Å². The lowest BCUT2D eigenvalue weighted by Crippen LogP contribution is -2.16. The zero-order valence-electron chi connectivity index (χ0n) is 27.6. The third-order valence-corrected chi connectivity index (χ3v) is 6.69. The van der Waals surface area contributed by atoms with Crippen molar-refractivity contribution >= 4 is 41.9 Å². The summed E-state index contributed by atoms with van der Waals surface area (Å²) in [7, 11) is 0. The smallest absolute Gasteiger partial charge is 0.336 e. The number of ether oxygens (including phenoxy) is 6. The van der Waals surface area contributed by atoms with Gasteiger partial charge in [0.1, 0.15) is 31.3 Å². The first-order valence-electron chi connectivity index (χ1n) is 15.8. The first-order chi connectivity index (χ1) is 24.1. The second kappa shape index (κ2) is 21.0. The van der Waals surface area contributed by atoms with Crippen molar-refractivity contribution in [3.05, 3.63) is 103 Å². The van der Waals surface area contributed by atoms with E-state index in [4.69, 9.17) is 23.7 Å². The van der Waals surface area contributed by atoms with Gasteiger partial charge in [0.2, 0.25) is 0 Å². The Morgan fingerprint density at radius 1 is 0.560 bits per heavy atom. The lowest BCUT2D eigenvalue weighted by Gasteiger charge is -2.08. The number of esters is 6. The zero-order chi connectivity index (χ0) is 36.1. The van der Waals surface area contributed by atoms with E-state index in [9.17, 15) is 28.8 Å². The molecule has 0 aliphatic heterocycles. The number of hydrogen-bond acceptors (Lipinski definition) is 12. The Kier molecular flexibility index (Phi) is 16.2. The molecule has 3 rings (SSSR count). The van der Waals surface area contributed by atoms with Crippen molar-refractivity contribution in [2.75, 3.05) is 26.4 Å². The molecule has 0 saturated heterocycles. The van der Waals surface area contributed by atoms with Crippen LogP contribution in [0.4, 0.5) is 0 Å². The molecule has 0 aromatic heterocycles. The first kappa shape index (κ1) is 38.4. The molecule has 3 aromatic rings. The van der Waals surface area contributed by atoms with Gasteiger partial charge < -0.3 is 28.4 Å². The van der Waals surface area contributed by atoms with E-state index in [1.54, 1.807) is 49.4 Å². The van der Waals surface area contributed by atoms with Crippen LogP contribution in [-0.4, -0.2) is 62.2 Å². The first-order valence-corrected chi connectivity index (χ1v) is 15.8. The molecule has 0 saturated carbocycles. The lowest BCUT2D eigenvalue weighted by atomic mass is 10.0. The van der Waals surface area contributed by atoms with Crippen LogP contribution in [0.3, 0.4) is 0 Å². The Balaban J connectivity index is 1.34. The van der Waals surface area contributed by atoms with E-state index in [0.717, 1.165) is 28.3 Å². The molecule has 0 aliphatic rings. The maximum absolute atomic E-state index is 12.3. The highest BCUT2D eigenvalue weighted by Gasteiger charge is 2.12. The number of carbonyl (C=O) groups excluding carboxylic acids is 6. The summed E-state index contributed by atoms with van der Waals surface area (Å²) in [5.74, 6) is -2.62. The molecule has 0 unspecified atom stereocenters. The number of benzene rings is 3. The predicted molar refractivity (Wildman–Crippen MR) is 181 cm³/mol. The fourth-order valence-electron chi connectivity index (χ4n) is 4.06. The summed E-state index contributed by atoms with van der Waals surface area (Å²) in [6.45, 7) is 4.79. The van der Waals surface area contributed by atoms with Crippen molar-refractivity contribution in [2.24, 2.45) is 0 Å². The van der Waals surface area contributed by atoms with Gasteiger partial charge in [-0.15, -0.1) is 0 Å². The topological polar surface area (TPSA) is 158 Å². The molecule has 0 N–H and O–H groups in total. The molecule has 12 nitrogen and oxygen atoms in total. The largest absolute Gasteiger partial charge is 0.465 e. The van der Waals surface area contributed by atoms with E-state index < -0.39 is 29.8 Å². The lowest BCUT2D eigenvalue weighted by molar-refractivity contribution is -0.153. The van der Waals surface area contributed by atoms with Gasteiger partial charge in [-0.2, -0.15) is 0 Å². The minimum absolute atomic E-state index is 0.125. The van der Waals surface area contributed by atoms with Gasteiger partial charge >= 0.3 is 35.8 Å². The monoisotopic (exact) mass is 686 g/mol. The summed E-state index contributed by atoms with van der Waals surface area (Å²) in [6.07, 6.45) is 4.24. The van der Waals surface area contributed by atoms with Gasteiger partial charge in [0.15, 0.2) is 0 Å². The van der Waals surface area contributed by atoms with E-state index in [2.05, 4.69) is 11.3 Å².